The molecule has 0 atom stereocenters. The summed E-state index contributed by atoms with van der Waals surface area (Å²) in [6.07, 6.45) is 9.53. The average molecular weight is 668 g/mol. The molecule has 0 N–H and O–H groups in total. The van der Waals surface area contributed by atoms with Gasteiger partial charge in [-0.3, -0.25) is 0 Å². The topological polar surface area (TPSA) is 34.8 Å². The molecule has 5 heteroatoms. The van der Waals surface area contributed by atoms with Gasteiger partial charge in [0.1, 0.15) is 11.2 Å². The molecule has 3 aliphatic rings. The Morgan fingerprint density at radius 2 is 1.27 bits per heavy atom. The molecule has 1 aromatic heterocycles. The number of hydrogen-bond acceptors (Lipinski definition) is 4. The zero-order chi connectivity index (χ0) is 35.1. The van der Waals surface area contributed by atoms with E-state index in [0.29, 0.717) is 0 Å². The normalized spacial score (nSPS) is 18.4. The molecule has 2 heterocycles. The Morgan fingerprint density at radius 3 is 2.08 bits per heavy atom. The minimum absolute atomic E-state index is 0.107. The number of para-hydroxylation sites is 2. The van der Waals surface area contributed by atoms with Crippen LogP contribution >= 0.6 is 0 Å². The van der Waals surface area contributed by atoms with Crippen molar-refractivity contribution in [2.24, 2.45) is 0 Å². The number of furan rings is 1. The molecule has 2 aliphatic carbocycles. The Morgan fingerprint density at radius 1 is 0.608 bits per heavy atom. The monoisotopic (exact) mass is 667 g/mol. The molecule has 1 fully saturated rings. The minimum atomic E-state index is -0.421. The summed E-state index contributed by atoms with van der Waals surface area (Å²) >= 11 is 0. The van der Waals surface area contributed by atoms with Crippen LogP contribution in [0, 0.1) is 0 Å². The highest BCUT2D eigenvalue weighted by atomic mass is 16.7. The molecule has 0 unspecified atom stereocenters. The molecular weight excluding hydrogens is 625 g/mol. The molecule has 0 spiro atoms. The molecule has 4 nitrogen and oxygen atoms in total. The van der Waals surface area contributed by atoms with Crippen LogP contribution in [0.4, 0.5) is 11.4 Å². The summed E-state index contributed by atoms with van der Waals surface area (Å²) in [5, 5.41) is 2.27. The Labute approximate surface area is 300 Å². The van der Waals surface area contributed by atoms with Crippen LogP contribution in [0.3, 0.4) is 0 Å². The van der Waals surface area contributed by atoms with Crippen molar-refractivity contribution in [2.75, 3.05) is 4.90 Å². The van der Waals surface area contributed by atoms with Gasteiger partial charge in [-0.1, -0.05) is 111 Å². The molecule has 5 aromatic carbocycles. The van der Waals surface area contributed by atoms with Crippen molar-refractivity contribution in [1.82, 2.24) is 0 Å². The van der Waals surface area contributed by atoms with Crippen LogP contribution in [0.2, 0.25) is 0 Å². The van der Waals surface area contributed by atoms with Gasteiger partial charge in [0.25, 0.3) is 0 Å². The SMILES string of the molecule is CC1(C)c2ccccc2-c2ccc(N(C3=CC=C(B4OC(C)(C)C(C)(C)O4)C=CC3)c3ccc(-c4cccc5c4oc4ccccc45)cc3)cc21. The molecule has 51 heavy (non-hydrogen) atoms. The highest BCUT2D eigenvalue weighted by Gasteiger charge is 2.52. The lowest BCUT2D eigenvalue weighted by molar-refractivity contribution is 0.00578. The number of fused-ring (bicyclic) bond motifs is 6. The highest BCUT2D eigenvalue weighted by Crippen LogP contribution is 2.50. The quantitative estimate of drug-likeness (QED) is 0.171. The molecule has 6 aromatic rings. The van der Waals surface area contributed by atoms with E-state index >= 15 is 0 Å². The Kier molecular flexibility index (Phi) is 7.16. The number of rotatable bonds is 5. The fourth-order valence-corrected chi connectivity index (χ4v) is 8.01. The van der Waals surface area contributed by atoms with E-state index in [4.69, 9.17) is 13.7 Å². The van der Waals surface area contributed by atoms with Gasteiger partial charge >= 0.3 is 7.12 Å². The number of allylic oxidation sites excluding steroid dienone is 5. The predicted octanol–water partition coefficient (Wildman–Crippen LogP) is 12.1. The third kappa shape index (κ3) is 5.05. The third-order valence-electron chi connectivity index (χ3n) is 11.6. The van der Waals surface area contributed by atoms with Gasteiger partial charge in [-0.2, -0.15) is 0 Å². The molecular formula is C46H42BNO3. The van der Waals surface area contributed by atoms with E-state index in [1.165, 1.54) is 22.3 Å². The first-order chi connectivity index (χ1) is 24.5. The van der Waals surface area contributed by atoms with Crippen LogP contribution < -0.4 is 4.90 Å². The van der Waals surface area contributed by atoms with Gasteiger partial charge in [-0.15, -0.1) is 0 Å². The van der Waals surface area contributed by atoms with Gasteiger partial charge < -0.3 is 18.6 Å². The first kappa shape index (κ1) is 31.9. The summed E-state index contributed by atoms with van der Waals surface area (Å²) in [5.41, 5.74) is 12.9. The second kappa shape index (κ2) is 11.5. The Hall–Kier alpha value is -5.10. The lowest BCUT2D eigenvalue weighted by Gasteiger charge is -2.32. The standard InChI is InChI=1S/C46H42BNO3/c1-44(2)40-19-9-7-15-36(40)37-28-27-34(29-41(37)44)48(32-14-11-13-31(23-26-32)47-50-45(3,4)46(5,6)51-47)33-24-21-30(22-25-33)35-17-12-18-39-38-16-8-10-20-42(38)49-43(35)39/h7-13,15-29H,14H2,1-6H3. The highest BCUT2D eigenvalue weighted by molar-refractivity contribution is 6.55. The van der Waals surface area contributed by atoms with E-state index in [2.05, 4.69) is 168 Å². The van der Waals surface area contributed by atoms with Crippen molar-refractivity contribution in [3.8, 4) is 22.3 Å². The summed E-state index contributed by atoms with van der Waals surface area (Å²) in [4.78, 5) is 2.40. The number of benzene rings is 5. The maximum absolute atomic E-state index is 6.44. The maximum atomic E-state index is 6.44. The average Bonchev–Trinajstić information content (AvgIpc) is 3.59. The predicted molar refractivity (Wildman–Crippen MR) is 211 cm³/mol. The molecule has 1 saturated heterocycles. The van der Waals surface area contributed by atoms with Gasteiger partial charge in [-0.05, 0) is 97.4 Å². The van der Waals surface area contributed by atoms with E-state index in [1.54, 1.807) is 0 Å². The van der Waals surface area contributed by atoms with Crippen molar-refractivity contribution >= 4 is 40.4 Å². The lowest BCUT2D eigenvalue weighted by atomic mass is 9.78. The summed E-state index contributed by atoms with van der Waals surface area (Å²) < 4.78 is 19.3. The van der Waals surface area contributed by atoms with E-state index in [9.17, 15) is 0 Å². The molecule has 0 amide bonds. The fourth-order valence-electron chi connectivity index (χ4n) is 8.01. The summed E-state index contributed by atoms with van der Waals surface area (Å²) in [5.74, 6) is 0. The van der Waals surface area contributed by atoms with Crippen molar-refractivity contribution in [3.63, 3.8) is 0 Å². The summed E-state index contributed by atoms with van der Waals surface area (Å²) in [6.45, 7) is 13.1. The van der Waals surface area contributed by atoms with Gasteiger partial charge in [-0.25, -0.2) is 0 Å². The number of nitrogens with zero attached hydrogens (tertiary/aromatic N) is 1. The number of anilines is 2. The lowest BCUT2D eigenvalue weighted by Crippen LogP contribution is -2.41. The molecule has 252 valence electrons. The molecule has 0 radical (unpaired) electrons. The van der Waals surface area contributed by atoms with E-state index in [-0.39, 0.29) is 5.41 Å². The van der Waals surface area contributed by atoms with Crippen LogP contribution in [0.1, 0.15) is 59.1 Å². The van der Waals surface area contributed by atoms with Crippen LogP contribution in [-0.2, 0) is 14.7 Å². The zero-order valence-corrected chi connectivity index (χ0v) is 30.2. The van der Waals surface area contributed by atoms with Crippen molar-refractivity contribution < 1.29 is 13.7 Å². The van der Waals surface area contributed by atoms with Crippen LogP contribution in [0.5, 0.6) is 0 Å². The molecule has 0 bridgehead atoms. The van der Waals surface area contributed by atoms with E-state index < -0.39 is 18.3 Å². The molecule has 1 aliphatic heterocycles. The van der Waals surface area contributed by atoms with Crippen molar-refractivity contribution in [1.29, 1.82) is 0 Å². The zero-order valence-electron chi connectivity index (χ0n) is 30.2. The first-order valence-electron chi connectivity index (χ1n) is 18.0. The third-order valence-corrected chi connectivity index (χ3v) is 11.6. The smallest absolute Gasteiger partial charge is 0.455 e. The van der Waals surface area contributed by atoms with Gasteiger partial charge in [0.05, 0.1) is 11.2 Å². The molecule has 9 rings (SSSR count). The second-order valence-electron chi connectivity index (χ2n) is 15.6. The summed E-state index contributed by atoms with van der Waals surface area (Å²) in [6, 6.07) is 39.4. The first-order valence-corrected chi connectivity index (χ1v) is 18.0. The Bertz CT molecular complexity index is 2430. The maximum Gasteiger partial charge on any atom is 0.494 e. The van der Waals surface area contributed by atoms with Gasteiger partial charge in [0, 0.05) is 45.2 Å². The molecule has 0 saturated carbocycles. The van der Waals surface area contributed by atoms with Crippen LogP contribution in [0.25, 0.3) is 44.2 Å². The second-order valence-corrected chi connectivity index (χ2v) is 15.6. The number of hydrogen-bond donors (Lipinski definition) is 0. The summed E-state index contributed by atoms with van der Waals surface area (Å²) in [7, 11) is -0.421. The minimum Gasteiger partial charge on any atom is -0.455 e. The largest absolute Gasteiger partial charge is 0.494 e. The van der Waals surface area contributed by atoms with E-state index in [1.807, 2.05) is 12.1 Å². The van der Waals surface area contributed by atoms with Crippen LogP contribution in [0.15, 0.2) is 149 Å². The fraction of sp³-hybridized carbons (Fsp3) is 0.217. The Balaban J connectivity index is 1.14. The van der Waals surface area contributed by atoms with Gasteiger partial charge in [0.15, 0.2) is 0 Å². The van der Waals surface area contributed by atoms with Gasteiger partial charge in [0.2, 0.25) is 0 Å². The van der Waals surface area contributed by atoms with Crippen molar-refractivity contribution in [2.45, 2.75) is 64.6 Å². The van der Waals surface area contributed by atoms with E-state index in [0.717, 1.165) is 62.0 Å². The van der Waals surface area contributed by atoms with Crippen molar-refractivity contribution in [3.05, 3.63) is 156 Å². The van der Waals surface area contributed by atoms with Crippen LogP contribution in [-0.4, -0.2) is 18.3 Å².